The number of likely N-dealkylation sites (tertiary alicyclic amines) is 1. The van der Waals surface area contributed by atoms with E-state index in [2.05, 4.69) is 5.32 Å². The number of aliphatic hydroxyl groups is 1. The van der Waals surface area contributed by atoms with Gasteiger partial charge in [0.1, 0.15) is 0 Å². The second kappa shape index (κ2) is 6.57. The number of rotatable bonds is 6. The van der Waals surface area contributed by atoms with E-state index in [4.69, 9.17) is 5.73 Å². The van der Waals surface area contributed by atoms with Crippen LogP contribution in [0, 0.1) is 11.8 Å². The monoisotopic (exact) mass is 269 g/mol. The quantitative estimate of drug-likeness (QED) is 0.671. The number of aliphatic hydroxyl groups excluding tert-OH is 1. The second-order valence-corrected chi connectivity index (χ2v) is 6.19. The van der Waals surface area contributed by atoms with Crippen LogP contribution >= 0.6 is 0 Å². The van der Waals surface area contributed by atoms with Crippen molar-refractivity contribution < 1.29 is 9.90 Å². The Morgan fingerprint density at radius 3 is 2.74 bits per heavy atom. The molecule has 2 fully saturated rings. The molecule has 2 rings (SSSR count). The van der Waals surface area contributed by atoms with Gasteiger partial charge < -0.3 is 21.1 Å². The van der Waals surface area contributed by atoms with Crippen molar-refractivity contribution in [2.24, 2.45) is 17.6 Å². The molecule has 2 aliphatic rings. The summed E-state index contributed by atoms with van der Waals surface area (Å²) in [6.45, 7) is 4.44. The molecule has 0 radical (unpaired) electrons. The maximum atomic E-state index is 11.4. The minimum Gasteiger partial charge on any atom is -0.393 e. The molecule has 5 nitrogen and oxygen atoms in total. The molecule has 5 heteroatoms. The first-order chi connectivity index (χ1) is 9.08. The summed E-state index contributed by atoms with van der Waals surface area (Å²) in [5.74, 6) is 1.19. The average Bonchev–Trinajstić information content (AvgIpc) is 3.20. The number of hydrogen-bond acceptors (Lipinski definition) is 3. The zero-order valence-electron chi connectivity index (χ0n) is 11.8. The van der Waals surface area contributed by atoms with E-state index in [0.29, 0.717) is 25.0 Å². The number of hydrogen-bond donors (Lipinski definition) is 3. The number of amides is 2. The van der Waals surface area contributed by atoms with Crippen LogP contribution in [0.25, 0.3) is 0 Å². The van der Waals surface area contributed by atoms with Crippen LogP contribution < -0.4 is 11.1 Å². The van der Waals surface area contributed by atoms with E-state index in [0.717, 1.165) is 31.7 Å². The number of urea groups is 1. The third-order valence-electron chi connectivity index (χ3n) is 4.32. The van der Waals surface area contributed by atoms with Crippen LogP contribution in [-0.2, 0) is 0 Å². The number of primary amides is 1. The predicted molar refractivity (Wildman–Crippen MR) is 74.7 cm³/mol. The van der Waals surface area contributed by atoms with Gasteiger partial charge in [0.05, 0.1) is 6.10 Å². The molecule has 4 N–H and O–H groups in total. The van der Waals surface area contributed by atoms with Crippen molar-refractivity contribution >= 4 is 6.03 Å². The van der Waals surface area contributed by atoms with Gasteiger partial charge in [0.2, 0.25) is 0 Å². The first kappa shape index (κ1) is 14.6. The normalized spacial score (nSPS) is 29.3. The van der Waals surface area contributed by atoms with E-state index in [-0.39, 0.29) is 12.1 Å². The average molecular weight is 269 g/mol. The molecule has 1 aliphatic heterocycles. The molecule has 0 aromatic rings. The lowest BCUT2D eigenvalue weighted by Crippen LogP contribution is -2.53. The number of nitrogens with one attached hydrogen (secondary N) is 1. The molecule has 19 heavy (non-hydrogen) atoms. The number of nitrogens with two attached hydrogens (primary N) is 1. The van der Waals surface area contributed by atoms with Crippen molar-refractivity contribution in [1.82, 2.24) is 10.2 Å². The Hall–Kier alpha value is -0.810. The summed E-state index contributed by atoms with van der Waals surface area (Å²) in [6.07, 6.45) is 4.97. The molecule has 1 heterocycles. The molecule has 1 saturated carbocycles. The summed E-state index contributed by atoms with van der Waals surface area (Å²) in [7, 11) is 0. The van der Waals surface area contributed by atoms with Gasteiger partial charge in [0.15, 0.2) is 0 Å². The Kier molecular flexibility index (Phi) is 5.05. The Morgan fingerprint density at radius 2 is 2.16 bits per heavy atom. The molecule has 0 bridgehead atoms. The summed E-state index contributed by atoms with van der Waals surface area (Å²) >= 11 is 0. The van der Waals surface area contributed by atoms with E-state index in [1.807, 2.05) is 6.92 Å². The largest absolute Gasteiger partial charge is 0.393 e. The lowest BCUT2D eigenvalue weighted by atomic mass is 9.89. The third kappa shape index (κ3) is 4.66. The smallest absolute Gasteiger partial charge is 0.314 e. The highest BCUT2D eigenvalue weighted by molar-refractivity contribution is 5.72. The van der Waals surface area contributed by atoms with Gasteiger partial charge in [-0.25, -0.2) is 4.79 Å². The SMILES string of the molecule is CCC(O)CC1CC(NCC2CC2)CN(C(N)=O)C1. The molecule has 2 amide bonds. The van der Waals surface area contributed by atoms with Crippen LogP contribution in [-0.4, -0.2) is 47.8 Å². The van der Waals surface area contributed by atoms with E-state index < -0.39 is 0 Å². The van der Waals surface area contributed by atoms with Gasteiger partial charge >= 0.3 is 6.03 Å². The molecule has 0 aromatic carbocycles. The molecule has 0 aromatic heterocycles. The lowest BCUT2D eigenvalue weighted by Gasteiger charge is -2.38. The van der Waals surface area contributed by atoms with Crippen molar-refractivity contribution in [2.75, 3.05) is 19.6 Å². The third-order valence-corrected chi connectivity index (χ3v) is 4.32. The minimum atomic E-state index is -0.339. The number of nitrogens with zero attached hydrogens (tertiary/aromatic N) is 1. The highest BCUT2D eigenvalue weighted by Crippen LogP contribution is 2.29. The summed E-state index contributed by atoms with van der Waals surface area (Å²) in [5.41, 5.74) is 5.42. The maximum Gasteiger partial charge on any atom is 0.314 e. The van der Waals surface area contributed by atoms with Gasteiger partial charge in [0.25, 0.3) is 0 Å². The topological polar surface area (TPSA) is 78.6 Å². The minimum absolute atomic E-state index is 0.262. The van der Waals surface area contributed by atoms with Crippen LogP contribution in [0.5, 0.6) is 0 Å². The van der Waals surface area contributed by atoms with Crippen LogP contribution in [0.3, 0.4) is 0 Å². The van der Waals surface area contributed by atoms with Gasteiger partial charge in [0, 0.05) is 19.1 Å². The van der Waals surface area contributed by atoms with Gasteiger partial charge in [-0.15, -0.1) is 0 Å². The molecule has 3 unspecified atom stereocenters. The number of carbonyl (C=O) groups is 1. The van der Waals surface area contributed by atoms with Gasteiger partial charge in [-0.05, 0) is 50.5 Å². The summed E-state index contributed by atoms with van der Waals surface area (Å²) < 4.78 is 0. The first-order valence-corrected chi connectivity index (χ1v) is 7.54. The molecular weight excluding hydrogens is 242 g/mol. The van der Waals surface area contributed by atoms with Gasteiger partial charge in [-0.1, -0.05) is 6.92 Å². The summed E-state index contributed by atoms with van der Waals surface area (Å²) in [5, 5.41) is 13.4. The highest BCUT2D eigenvalue weighted by Gasteiger charge is 2.31. The Labute approximate surface area is 115 Å². The van der Waals surface area contributed by atoms with Crippen LogP contribution in [0.15, 0.2) is 0 Å². The Morgan fingerprint density at radius 1 is 1.42 bits per heavy atom. The van der Waals surface area contributed by atoms with Gasteiger partial charge in [-0.2, -0.15) is 0 Å². The molecule has 1 aliphatic carbocycles. The Balaban J connectivity index is 1.85. The lowest BCUT2D eigenvalue weighted by molar-refractivity contribution is 0.0954. The standard InChI is InChI=1S/C14H27N3O2/c1-2-13(18)6-11-5-12(16-7-10-3-4-10)9-17(8-11)14(15)19/h10-13,16,18H,2-9H2,1H3,(H2,15,19). The maximum absolute atomic E-state index is 11.4. The van der Waals surface area contributed by atoms with E-state index in [1.165, 1.54) is 12.8 Å². The van der Waals surface area contributed by atoms with Crippen molar-refractivity contribution in [3.63, 3.8) is 0 Å². The number of carbonyl (C=O) groups excluding carboxylic acids is 1. The van der Waals surface area contributed by atoms with E-state index in [1.54, 1.807) is 4.90 Å². The number of piperidine rings is 1. The van der Waals surface area contributed by atoms with E-state index in [9.17, 15) is 9.90 Å². The zero-order chi connectivity index (χ0) is 13.8. The van der Waals surface area contributed by atoms with Crippen molar-refractivity contribution in [3.05, 3.63) is 0 Å². The molecular formula is C14H27N3O2. The van der Waals surface area contributed by atoms with Crippen molar-refractivity contribution in [3.8, 4) is 0 Å². The highest BCUT2D eigenvalue weighted by atomic mass is 16.3. The molecule has 1 saturated heterocycles. The molecule has 0 spiro atoms. The predicted octanol–water partition coefficient (Wildman–Crippen LogP) is 0.916. The fraction of sp³-hybridized carbons (Fsp3) is 0.929. The Bertz CT molecular complexity index is 307. The second-order valence-electron chi connectivity index (χ2n) is 6.19. The first-order valence-electron chi connectivity index (χ1n) is 7.54. The summed E-state index contributed by atoms with van der Waals surface area (Å²) in [6, 6.07) is -0.00943. The fourth-order valence-electron chi connectivity index (χ4n) is 2.91. The fourth-order valence-corrected chi connectivity index (χ4v) is 2.91. The van der Waals surface area contributed by atoms with Gasteiger partial charge in [-0.3, -0.25) is 0 Å². The summed E-state index contributed by atoms with van der Waals surface area (Å²) in [4.78, 5) is 13.1. The van der Waals surface area contributed by atoms with Crippen LogP contribution in [0.1, 0.15) is 39.0 Å². The van der Waals surface area contributed by atoms with Crippen molar-refractivity contribution in [2.45, 2.75) is 51.2 Å². The van der Waals surface area contributed by atoms with Crippen molar-refractivity contribution in [1.29, 1.82) is 0 Å². The van der Waals surface area contributed by atoms with Crippen LogP contribution in [0.4, 0.5) is 4.79 Å². The van der Waals surface area contributed by atoms with Crippen LogP contribution in [0.2, 0.25) is 0 Å². The zero-order valence-corrected chi connectivity index (χ0v) is 11.8. The molecule has 3 atom stereocenters. The van der Waals surface area contributed by atoms with E-state index >= 15 is 0 Å². The molecule has 110 valence electrons.